The van der Waals surface area contributed by atoms with E-state index in [9.17, 15) is 4.79 Å². The highest BCUT2D eigenvalue weighted by molar-refractivity contribution is 5.73. The Morgan fingerprint density at radius 1 is 1.23 bits per heavy atom. The third kappa shape index (κ3) is 3.02. The van der Waals surface area contributed by atoms with Crippen LogP contribution in [-0.2, 0) is 17.8 Å². The van der Waals surface area contributed by atoms with Gasteiger partial charge in [0.1, 0.15) is 11.6 Å². The molecule has 0 spiro atoms. The van der Waals surface area contributed by atoms with Crippen molar-refractivity contribution in [3.63, 3.8) is 0 Å². The van der Waals surface area contributed by atoms with Gasteiger partial charge < -0.3 is 9.47 Å². The third-order valence-electron chi connectivity index (χ3n) is 4.76. The SMILES string of the molecule is CC(=O)N1CCc2nnc([C@H]3CCCN3CC(C)C)n2CC1. The average Bonchev–Trinajstić information content (AvgIpc) is 2.99. The van der Waals surface area contributed by atoms with E-state index in [0.29, 0.717) is 12.0 Å². The van der Waals surface area contributed by atoms with Gasteiger partial charge in [-0.25, -0.2) is 0 Å². The topological polar surface area (TPSA) is 54.3 Å². The number of likely N-dealkylation sites (tertiary alicyclic amines) is 1. The summed E-state index contributed by atoms with van der Waals surface area (Å²) in [5, 5.41) is 8.93. The normalized spacial score (nSPS) is 22.9. The Morgan fingerprint density at radius 2 is 2.05 bits per heavy atom. The molecule has 0 unspecified atom stereocenters. The summed E-state index contributed by atoms with van der Waals surface area (Å²) in [6, 6.07) is 0.396. The van der Waals surface area contributed by atoms with E-state index in [-0.39, 0.29) is 5.91 Å². The molecule has 6 heteroatoms. The summed E-state index contributed by atoms with van der Waals surface area (Å²) < 4.78 is 2.27. The first-order valence-electron chi connectivity index (χ1n) is 8.47. The van der Waals surface area contributed by atoms with Crippen molar-refractivity contribution in [2.45, 2.75) is 52.6 Å². The molecule has 3 heterocycles. The van der Waals surface area contributed by atoms with Gasteiger partial charge in [0.2, 0.25) is 5.91 Å². The van der Waals surface area contributed by atoms with Crippen molar-refractivity contribution in [2.75, 3.05) is 26.2 Å². The first-order valence-corrected chi connectivity index (χ1v) is 8.47. The molecule has 2 aliphatic rings. The van der Waals surface area contributed by atoms with E-state index >= 15 is 0 Å². The largest absolute Gasteiger partial charge is 0.341 e. The van der Waals surface area contributed by atoms with Crippen LogP contribution in [0.5, 0.6) is 0 Å². The fourth-order valence-corrected chi connectivity index (χ4v) is 3.71. The fraction of sp³-hybridized carbons (Fsp3) is 0.812. The molecule has 1 aromatic rings. The molecule has 6 nitrogen and oxygen atoms in total. The first-order chi connectivity index (χ1) is 10.6. The van der Waals surface area contributed by atoms with Crippen LogP contribution in [0.3, 0.4) is 0 Å². The number of hydrogen-bond acceptors (Lipinski definition) is 4. The Labute approximate surface area is 132 Å². The quantitative estimate of drug-likeness (QED) is 0.849. The fourth-order valence-electron chi connectivity index (χ4n) is 3.71. The van der Waals surface area contributed by atoms with Gasteiger partial charge in [-0.05, 0) is 25.3 Å². The minimum atomic E-state index is 0.155. The lowest BCUT2D eigenvalue weighted by atomic mass is 10.1. The smallest absolute Gasteiger partial charge is 0.219 e. The summed E-state index contributed by atoms with van der Waals surface area (Å²) in [4.78, 5) is 16.1. The van der Waals surface area contributed by atoms with Crippen molar-refractivity contribution >= 4 is 5.91 Å². The highest BCUT2D eigenvalue weighted by atomic mass is 16.2. The molecule has 1 aromatic heterocycles. The Hall–Kier alpha value is -1.43. The van der Waals surface area contributed by atoms with Crippen LogP contribution < -0.4 is 0 Å². The van der Waals surface area contributed by atoms with E-state index < -0.39 is 0 Å². The molecule has 22 heavy (non-hydrogen) atoms. The first kappa shape index (κ1) is 15.5. The second-order valence-electron chi connectivity index (χ2n) is 6.93. The van der Waals surface area contributed by atoms with Gasteiger partial charge in [-0.1, -0.05) is 13.8 Å². The lowest BCUT2D eigenvalue weighted by Crippen LogP contribution is -2.32. The van der Waals surface area contributed by atoms with Crippen LogP contribution in [0.15, 0.2) is 0 Å². The molecule has 0 aliphatic carbocycles. The maximum Gasteiger partial charge on any atom is 0.219 e. The molecule has 0 N–H and O–H groups in total. The zero-order chi connectivity index (χ0) is 15.7. The van der Waals surface area contributed by atoms with Gasteiger partial charge in [-0.3, -0.25) is 9.69 Å². The Morgan fingerprint density at radius 3 is 2.77 bits per heavy atom. The zero-order valence-corrected chi connectivity index (χ0v) is 14.0. The molecule has 1 saturated heterocycles. The standard InChI is InChI=1S/C16H27N5O/c1-12(2)11-20-7-4-5-14(20)16-18-17-15-6-8-19(13(3)22)9-10-21(15)16/h12,14H,4-11H2,1-3H3/t14-/m1/s1. The molecule has 1 fully saturated rings. The molecular weight excluding hydrogens is 278 g/mol. The minimum Gasteiger partial charge on any atom is -0.341 e. The number of aromatic nitrogens is 3. The van der Waals surface area contributed by atoms with E-state index in [1.807, 2.05) is 4.90 Å². The van der Waals surface area contributed by atoms with Crippen molar-refractivity contribution < 1.29 is 4.79 Å². The van der Waals surface area contributed by atoms with Crippen LogP contribution in [0, 0.1) is 5.92 Å². The monoisotopic (exact) mass is 305 g/mol. The minimum absolute atomic E-state index is 0.155. The van der Waals surface area contributed by atoms with Crippen molar-refractivity contribution in [2.24, 2.45) is 5.92 Å². The molecule has 0 radical (unpaired) electrons. The number of hydrogen-bond donors (Lipinski definition) is 0. The summed E-state index contributed by atoms with van der Waals surface area (Å²) >= 11 is 0. The summed E-state index contributed by atoms with van der Waals surface area (Å²) in [5.74, 6) is 2.97. The predicted octanol–water partition coefficient (Wildman–Crippen LogP) is 1.48. The van der Waals surface area contributed by atoms with E-state index in [1.54, 1.807) is 6.92 Å². The Bertz CT molecular complexity index is 539. The van der Waals surface area contributed by atoms with Crippen LogP contribution in [0.1, 0.15) is 51.3 Å². The third-order valence-corrected chi connectivity index (χ3v) is 4.76. The van der Waals surface area contributed by atoms with Gasteiger partial charge in [0.25, 0.3) is 0 Å². The van der Waals surface area contributed by atoms with Gasteiger partial charge in [0.05, 0.1) is 6.04 Å². The zero-order valence-electron chi connectivity index (χ0n) is 14.0. The number of amides is 1. The molecule has 0 bridgehead atoms. The predicted molar refractivity (Wildman–Crippen MR) is 84.4 cm³/mol. The lowest BCUT2D eigenvalue weighted by Gasteiger charge is -2.26. The van der Waals surface area contributed by atoms with Gasteiger partial charge in [-0.2, -0.15) is 0 Å². The number of nitrogens with zero attached hydrogens (tertiary/aromatic N) is 5. The van der Waals surface area contributed by atoms with E-state index in [2.05, 4.69) is 33.5 Å². The van der Waals surface area contributed by atoms with Gasteiger partial charge in [0, 0.05) is 39.5 Å². The molecule has 122 valence electrons. The van der Waals surface area contributed by atoms with Crippen molar-refractivity contribution in [1.29, 1.82) is 0 Å². The van der Waals surface area contributed by atoms with E-state index in [1.165, 1.54) is 12.8 Å². The van der Waals surface area contributed by atoms with Crippen LogP contribution in [0.2, 0.25) is 0 Å². The maximum absolute atomic E-state index is 11.6. The molecule has 0 saturated carbocycles. The van der Waals surface area contributed by atoms with Crippen molar-refractivity contribution in [3.05, 3.63) is 11.6 Å². The summed E-state index contributed by atoms with van der Waals surface area (Å²) in [7, 11) is 0. The number of rotatable bonds is 3. The van der Waals surface area contributed by atoms with Crippen molar-refractivity contribution in [1.82, 2.24) is 24.6 Å². The second kappa shape index (κ2) is 6.36. The van der Waals surface area contributed by atoms with Crippen LogP contribution in [0.4, 0.5) is 0 Å². The maximum atomic E-state index is 11.6. The number of carbonyl (C=O) groups excluding carboxylic acids is 1. The van der Waals surface area contributed by atoms with Crippen LogP contribution in [-0.4, -0.2) is 56.7 Å². The lowest BCUT2D eigenvalue weighted by molar-refractivity contribution is -0.128. The molecular formula is C16H27N5O. The Balaban J connectivity index is 1.79. The van der Waals surface area contributed by atoms with Gasteiger partial charge >= 0.3 is 0 Å². The van der Waals surface area contributed by atoms with Crippen LogP contribution >= 0.6 is 0 Å². The molecule has 2 aliphatic heterocycles. The molecule has 1 amide bonds. The number of fused-ring (bicyclic) bond motifs is 1. The molecule has 3 rings (SSSR count). The molecule has 0 aromatic carbocycles. The average molecular weight is 305 g/mol. The second-order valence-corrected chi connectivity index (χ2v) is 6.93. The van der Waals surface area contributed by atoms with Gasteiger partial charge in [-0.15, -0.1) is 10.2 Å². The van der Waals surface area contributed by atoms with E-state index in [4.69, 9.17) is 0 Å². The number of carbonyl (C=O) groups is 1. The summed E-state index contributed by atoms with van der Waals surface area (Å²) in [6.07, 6.45) is 3.21. The molecule has 1 atom stereocenters. The Kier molecular flexibility index (Phi) is 4.47. The van der Waals surface area contributed by atoms with Gasteiger partial charge in [0.15, 0.2) is 0 Å². The highest BCUT2D eigenvalue weighted by Crippen LogP contribution is 2.32. The van der Waals surface area contributed by atoms with Crippen molar-refractivity contribution in [3.8, 4) is 0 Å². The summed E-state index contributed by atoms with van der Waals surface area (Å²) in [6.45, 7) is 10.8. The highest BCUT2D eigenvalue weighted by Gasteiger charge is 2.32. The van der Waals surface area contributed by atoms with Crippen LogP contribution in [0.25, 0.3) is 0 Å². The summed E-state index contributed by atoms with van der Waals surface area (Å²) in [5.41, 5.74) is 0. The van der Waals surface area contributed by atoms with E-state index in [0.717, 1.165) is 50.8 Å².